The number of fused-ring (bicyclic) bond motifs is 2. The molecule has 1 aromatic heterocycles. The van der Waals surface area contributed by atoms with Crippen LogP contribution in [0.5, 0.6) is 0 Å². The molecule has 0 saturated carbocycles. The Kier molecular flexibility index (Phi) is 5.28. The van der Waals surface area contributed by atoms with E-state index in [1.54, 1.807) is 0 Å². The third-order valence-corrected chi connectivity index (χ3v) is 6.09. The monoisotopic (exact) mass is 395 g/mol. The molecule has 1 aliphatic rings. The minimum absolute atomic E-state index is 0.0940. The fourth-order valence-electron chi connectivity index (χ4n) is 3.60. The summed E-state index contributed by atoms with van der Waals surface area (Å²) in [5, 5.41) is 6.27. The van der Waals surface area contributed by atoms with Crippen molar-refractivity contribution < 1.29 is 4.79 Å². The number of nitrogens with one attached hydrogen (secondary N) is 2. The van der Waals surface area contributed by atoms with Crippen molar-refractivity contribution in [3.05, 3.63) is 47.5 Å². The van der Waals surface area contributed by atoms with Gasteiger partial charge in [0.2, 0.25) is 5.91 Å². The Balaban J connectivity index is 1.42. The highest BCUT2D eigenvalue weighted by atomic mass is 32.1. The van der Waals surface area contributed by atoms with Crippen molar-refractivity contribution in [2.45, 2.75) is 39.9 Å². The van der Waals surface area contributed by atoms with E-state index in [0.717, 1.165) is 41.5 Å². The molecule has 2 aromatic carbocycles. The van der Waals surface area contributed by atoms with Crippen molar-refractivity contribution in [2.24, 2.45) is 5.92 Å². The van der Waals surface area contributed by atoms with Gasteiger partial charge in [0.15, 0.2) is 0 Å². The van der Waals surface area contributed by atoms with Gasteiger partial charge >= 0.3 is 0 Å². The van der Waals surface area contributed by atoms with Crippen molar-refractivity contribution in [3.8, 4) is 0 Å². The van der Waals surface area contributed by atoms with Crippen molar-refractivity contribution in [3.63, 3.8) is 0 Å². The highest BCUT2D eigenvalue weighted by Crippen LogP contribution is 2.32. The van der Waals surface area contributed by atoms with Crippen LogP contribution in [0.4, 0.5) is 11.4 Å². The number of rotatable bonds is 6. The minimum atomic E-state index is -0.0940. The lowest BCUT2D eigenvalue weighted by Crippen LogP contribution is -2.32. The summed E-state index contributed by atoms with van der Waals surface area (Å²) in [6, 6.07) is 12.4. The summed E-state index contributed by atoms with van der Waals surface area (Å²) in [5.41, 5.74) is 5.92. The van der Waals surface area contributed by atoms with Crippen molar-refractivity contribution in [1.29, 1.82) is 0 Å². The van der Waals surface area contributed by atoms with E-state index >= 15 is 0 Å². The quantitative estimate of drug-likeness (QED) is 0.657. The normalized spacial score (nSPS) is 15.0. The smallest absolute Gasteiger partial charge is 0.243 e. The molecule has 3 aromatic rings. The number of hydrogen-bond acceptors (Lipinski definition) is 6. The van der Waals surface area contributed by atoms with Gasteiger partial charge in [0, 0.05) is 24.8 Å². The Hall–Kier alpha value is -2.51. The molecule has 0 fully saturated rings. The zero-order valence-corrected chi connectivity index (χ0v) is 17.2. The van der Waals surface area contributed by atoms with E-state index in [2.05, 4.69) is 63.3 Å². The molecule has 146 valence electrons. The molecule has 1 unspecified atom stereocenters. The van der Waals surface area contributed by atoms with Crippen molar-refractivity contribution in [1.82, 2.24) is 13.6 Å². The molecule has 6 nitrogen and oxygen atoms in total. The highest BCUT2D eigenvalue weighted by molar-refractivity contribution is 7.00. The van der Waals surface area contributed by atoms with Crippen LogP contribution >= 0.6 is 11.7 Å². The van der Waals surface area contributed by atoms with Gasteiger partial charge in [0.05, 0.1) is 24.0 Å². The molecule has 7 heteroatoms. The second-order valence-corrected chi connectivity index (χ2v) is 8.20. The molecular formula is C21H25N5OS. The Labute approximate surface area is 169 Å². The van der Waals surface area contributed by atoms with Crippen molar-refractivity contribution >= 4 is 40.0 Å². The number of carbonyl (C=O) groups excluding carboxylic acids is 1. The van der Waals surface area contributed by atoms with E-state index in [1.807, 2.05) is 18.2 Å². The zero-order chi connectivity index (χ0) is 19.7. The number of hydrogen-bond donors (Lipinski definition) is 2. The minimum Gasteiger partial charge on any atom is -0.376 e. The maximum atomic E-state index is 12.5. The van der Waals surface area contributed by atoms with E-state index in [4.69, 9.17) is 0 Å². The summed E-state index contributed by atoms with van der Waals surface area (Å²) < 4.78 is 8.48. The van der Waals surface area contributed by atoms with Gasteiger partial charge < -0.3 is 10.6 Å². The average Bonchev–Trinajstić information content (AvgIpc) is 3.33. The molecule has 0 spiro atoms. The topological polar surface area (TPSA) is 70.2 Å². The molecule has 0 saturated heterocycles. The molecule has 2 heterocycles. The molecule has 1 atom stereocenters. The maximum absolute atomic E-state index is 12.5. The molecule has 1 amide bonds. The second kappa shape index (κ2) is 7.85. The number of carbonyl (C=O) groups is 1. The Morgan fingerprint density at radius 1 is 1.11 bits per heavy atom. The van der Waals surface area contributed by atoms with Crippen LogP contribution < -0.4 is 10.6 Å². The van der Waals surface area contributed by atoms with Crippen LogP contribution in [0, 0.1) is 5.92 Å². The van der Waals surface area contributed by atoms with Crippen LogP contribution in [-0.4, -0.2) is 32.1 Å². The van der Waals surface area contributed by atoms with Gasteiger partial charge in [-0.2, -0.15) is 8.75 Å². The Morgan fingerprint density at radius 2 is 1.89 bits per heavy atom. The van der Waals surface area contributed by atoms with Crippen LogP contribution in [0.3, 0.4) is 0 Å². The predicted molar refractivity (Wildman–Crippen MR) is 115 cm³/mol. The molecule has 2 N–H and O–H groups in total. The summed E-state index contributed by atoms with van der Waals surface area (Å²) in [6.07, 6.45) is 0. The van der Waals surface area contributed by atoms with Crippen LogP contribution in [0.15, 0.2) is 36.4 Å². The van der Waals surface area contributed by atoms with E-state index in [-0.39, 0.29) is 12.5 Å². The summed E-state index contributed by atoms with van der Waals surface area (Å²) in [6.45, 7) is 8.90. The molecule has 28 heavy (non-hydrogen) atoms. The number of aromatic nitrogens is 2. The Morgan fingerprint density at radius 3 is 2.71 bits per heavy atom. The van der Waals surface area contributed by atoms with E-state index in [9.17, 15) is 4.79 Å². The molecule has 0 aliphatic carbocycles. The third kappa shape index (κ3) is 3.72. The fraction of sp³-hybridized carbons (Fsp3) is 0.381. The zero-order valence-electron chi connectivity index (χ0n) is 16.4. The van der Waals surface area contributed by atoms with Gasteiger partial charge in [-0.05, 0) is 42.2 Å². The number of anilines is 2. The average molecular weight is 396 g/mol. The van der Waals surface area contributed by atoms with E-state index < -0.39 is 0 Å². The number of nitrogens with zero attached hydrogens (tertiary/aromatic N) is 3. The number of benzene rings is 2. The van der Waals surface area contributed by atoms with Crippen LogP contribution in [0.25, 0.3) is 11.0 Å². The summed E-state index contributed by atoms with van der Waals surface area (Å²) in [5.74, 6) is 0.517. The van der Waals surface area contributed by atoms with Gasteiger partial charge in [0.25, 0.3) is 0 Å². The fourth-order valence-corrected chi connectivity index (χ4v) is 4.15. The SMILES string of the molecule is CC(C)C(C)N1Cc2cccc(NCC(=O)Nc3cccc4nsnc34)c2C1. The second-order valence-electron chi connectivity index (χ2n) is 7.67. The highest BCUT2D eigenvalue weighted by Gasteiger charge is 2.26. The largest absolute Gasteiger partial charge is 0.376 e. The lowest BCUT2D eigenvalue weighted by Gasteiger charge is -2.27. The lowest BCUT2D eigenvalue weighted by molar-refractivity contribution is -0.114. The first kappa shape index (κ1) is 18.8. The van der Waals surface area contributed by atoms with Gasteiger partial charge in [-0.3, -0.25) is 9.69 Å². The Bertz CT molecular complexity index is 999. The van der Waals surface area contributed by atoms with Gasteiger partial charge in [-0.25, -0.2) is 0 Å². The summed E-state index contributed by atoms with van der Waals surface area (Å²) in [4.78, 5) is 15.0. The van der Waals surface area contributed by atoms with Gasteiger partial charge in [-0.1, -0.05) is 32.0 Å². The molecule has 0 radical (unpaired) electrons. The standard InChI is InChI=1S/C21H25N5OS/c1-13(2)14(3)26-11-15-6-4-7-17(16(15)12-26)22-10-20(27)23-18-8-5-9-19-21(18)25-28-24-19/h4-9,13-14,22H,10-12H2,1-3H3,(H,23,27). The van der Waals surface area contributed by atoms with E-state index in [1.165, 1.54) is 11.1 Å². The lowest BCUT2D eigenvalue weighted by atomic mass is 10.1. The molecule has 1 aliphatic heterocycles. The molecular weight excluding hydrogens is 370 g/mol. The van der Waals surface area contributed by atoms with Crippen LogP contribution in [-0.2, 0) is 17.9 Å². The first-order valence-corrected chi connectivity index (χ1v) is 10.4. The molecule has 4 rings (SSSR count). The predicted octanol–water partition coefficient (Wildman–Crippen LogP) is 4.10. The first-order valence-electron chi connectivity index (χ1n) is 9.62. The van der Waals surface area contributed by atoms with Crippen LogP contribution in [0.2, 0.25) is 0 Å². The van der Waals surface area contributed by atoms with Gasteiger partial charge in [0.1, 0.15) is 11.0 Å². The first-order chi connectivity index (χ1) is 13.5. The van der Waals surface area contributed by atoms with Gasteiger partial charge in [-0.15, -0.1) is 0 Å². The van der Waals surface area contributed by atoms with Crippen molar-refractivity contribution in [2.75, 3.05) is 17.2 Å². The van der Waals surface area contributed by atoms with Crippen LogP contribution in [0.1, 0.15) is 31.9 Å². The summed E-state index contributed by atoms with van der Waals surface area (Å²) >= 11 is 1.15. The third-order valence-electron chi connectivity index (χ3n) is 5.55. The maximum Gasteiger partial charge on any atom is 0.243 e. The van der Waals surface area contributed by atoms with E-state index in [0.29, 0.717) is 17.6 Å². The number of amides is 1. The molecule has 0 bridgehead atoms. The summed E-state index contributed by atoms with van der Waals surface area (Å²) in [7, 11) is 0.